The number of ether oxygens (including phenoxy) is 2. The second-order valence-electron chi connectivity index (χ2n) is 8.81. The lowest BCUT2D eigenvalue weighted by Gasteiger charge is -2.20. The van der Waals surface area contributed by atoms with E-state index in [1.54, 1.807) is 31.2 Å². The second kappa shape index (κ2) is 10.4. The Kier molecular flexibility index (Phi) is 7.15. The molecule has 0 aliphatic rings. The van der Waals surface area contributed by atoms with Crippen LogP contribution in [0.25, 0.3) is 21.7 Å². The highest BCUT2D eigenvalue weighted by Crippen LogP contribution is 2.31. The number of hydrogen-bond donors (Lipinski definition) is 1. The minimum atomic E-state index is -0.906. The molecule has 0 radical (unpaired) electrons. The van der Waals surface area contributed by atoms with E-state index in [1.807, 2.05) is 56.3 Å². The van der Waals surface area contributed by atoms with Crippen LogP contribution in [0, 0.1) is 12.8 Å². The third kappa shape index (κ3) is 5.51. The second-order valence-corrected chi connectivity index (χ2v) is 8.81. The van der Waals surface area contributed by atoms with Crippen molar-refractivity contribution in [2.24, 2.45) is 5.92 Å². The highest BCUT2D eigenvalue weighted by atomic mass is 16.6. The first kappa shape index (κ1) is 24.0. The summed E-state index contributed by atoms with van der Waals surface area (Å²) in [5, 5.41) is 4.62. The van der Waals surface area contributed by atoms with E-state index in [0.717, 1.165) is 16.3 Å². The molecule has 180 valence electrons. The number of carbonyl (C=O) groups excluding carboxylic acids is 2. The van der Waals surface area contributed by atoms with Crippen LogP contribution in [0.4, 0.5) is 4.79 Å². The van der Waals surface area contributed by atoms with E-state index >= 15 is 0 Å². The Labute approximate surface area is 202 Å². The number of esters is 1. The molecule has 1 N–H and O–H groups in total. The van der Waals surface area contributed by atoms with Crippen LogP contribution in [0.15, 0.2) is 75.9 Å². The predicted octanol–water partition coefficient (Wildman–Crippen LogP) is 5.50. The van der Waals surface area contributed by atoms with Gasteiger partial charge in [0.15, 0.2) is 0 Å². The summed E-state index contributed by atoms with van der Waals surface area (Å²) in [7, 11) is 0. The Hall–Kier alpha value is -4.13. The van der Waals surface area contributed by atoms with Gasteiger partial charge in [0.2, 0.25) is 0 Å². The Morgan fingerprint density at radius 1 is 0.914 bits per heavy atom. The van der Waals surface area contributed by atoms with Crippen molar-refractivity contribution in [3.63, 3.8) is 0 Å². The standard InChI is InChI=1S/C28H27NO6/c1-17(2)15-23(29-28(32)33-16-19-9-5-4-6-10-19)27(31)34-24-14-13-21-20-11-7-8-12-22(20)26(30)35-25(21)18(24)3/h4-14,17,23H,15-16H2,1-3H3,(H,29,32). The minimum Gasteiger partial charge on any atom is -0.445 e. The molecule has 0 saturated heterocycles. The average Bonchev–Trinajstić information content (AvgIpc) is 2.85. The molecule has 3 aromatic carbocycles. The lowest BCUT2D eigenvalue weighted by Crippen LogP contribution is -2.44. The number of hydrogen-bond acceptors (Lipinski definition) is 6. The molecule has 7 nitrogen and oxygen atoms in total. The summed E-state index contributed by atoms with van der Waals surface area (Å²) in [5.41, 5.74) is 1.26. The van der Waals surface area contributed by atoms with Crippen LogP contribution in [0.5, 0.6) is 5.75 Å². The summed E-state index contributed by atoms with van der Waals surface area (Å²) in [6.07, 6.45) is -0.338. The molecule has 0 fully saturated rings. The van der Waals surface area contributed by atoms with Crippen molar-refractivity contribution >= 4 is 33.8 Å². The Morgan fingerprint density at radius 2 is 1.60 bits per heavy atom. The van der Waals surface area contributed by atoms with Crippen molar-refractivity contribution in [1.82, 2.24) is 5.32 Å². The Morgan fingerprint density at radius 3 is 2.31 bits per heavy atom. The van der Waals surface area contributed by atoms with Gasteiger partial charge in [-0.3, -0.25) is 0 Å². The number of nitrogens with one attached hydrogen (secondary N) is 1. The van der Waals surface area contributed by atoms with Crippen LogP contribution in [-0.4, -0.2) is 18.1 Å². The Bertz CT molecular complexity index is 1420. The van der Waals surface area contributed by atoms with Gasteiger partial charge in [-0.1, -0.05) is 62.4 Å². The summed E-state index contributed by atoms with van der Waals surface area (Å²) >= 11 is 0. The van der Waals surface area contributed by atoms with Gasteiger partial charge in [-0.05, 0) is 48.4 Å². The molecular formula is C28H27NO6. The maximum Gasteiger partial charge on any atom is 0.408 e. The van der Waals surface area contributed by atoms with Crippen molar-refractivity contribution in [1.29, 1.82) is 0 Å². The quantitative estimate of drug-likeness (QED) is 0.165. The summed E-state index contributed by atoms with van der Waals surface area (Å²) in [4.78, 5) is 37.9. The van der Waals surface area contributed by atoms with Gasteiger partial charge in [0.1, 0.15) is 24.0 Å². The minimum absolute atomic E-state index is 0.0902. The molecule has 4 aromatic rings. The number of fused-ring (bicyclic) bond motifs is 3. The molecule has 4 rings (SSSR count). The fourth-order valence-electron chi connectivity index (χ4n) is 3.94. The third-order valence-corrected chi connectivity index (χ3v) is 5.70. The normalized spacial score (nSPS) is 12.0. The topological polar surface area (TPSA) is 94.8 Å². The zero-order chi connectivity index (χ0) is 24.9. The van der Waals surface area contributed by atoms with E-state index in [9.17, 15) is 14.4 Å². The molecule has 1 heterocycles. The van der Waals surface area contributed by atoms with Crippen LogP contribution in [0.1, 0.15) is 31.4 Å². The van der Waals surface area contributed by atoms with Gasteiger partial charge in [-0.25, -0.2) is 14.4 Å². The molecule has 7 heteroatoms. The predicted molar refractivity (Wildman–Crippen MR) is 133 cm³/mol. The van der Waals surface area contributed by atoms with E-state index in [-0.39, 0.29) is 18.3 Å². The van der Waals surface area contributed by atoms with E-state index in [4.69, 9.17) is 13.9 Å². The maximum atomic E-state index is 13.0. The Balaban J connectivity index is 1.53. The number of alkyl carbamates (subject to hydrolysis) is 1. The molecule has 1 aromatic heterocycles. The molecule has 0 aliphatic heterocycles. The monoisotopic (exact) mass is 473 g/mol. The SMILES string of the molecule is Cc1c(OC(=O)C(CC(C)C)NC(=O)OCc2ccccc2)ccc2c1oc(=O)c1ccccc12. The van der Waals surface area contributed by atoms with Crippen molar-refractivity contribution in [2.45, 2.75) is 39.8 Å². The van der Waals surface area contributed by atoms with Gasteiger partial charge in [0.05, 0.1) is 5.39 Å². The maximum absolute atomic E-state index is 13.0. The largest absolute Gasteiger partial charge is 0.445 e. The highest BCUT2D eigenvalue weighted by molar-refractivity contribution is 6.05. The molecule has 0 spiro atoms. The van der Waals surface area contributed by atoms with Crippen molar-refractivity contribution in [3.05, 3.63) is 88.3 Å². The van der Waals surface area contributed by atoms with Gasteiger partial charge >= 0.3 is 17.7 Å². The molecule has 1 atom stereocenters. The summed E-state index contributed by atoms with van der Waals surface area (Å²) < 4.78 is 16.5. The van der Waals surface area contributed by atoms with Crippen LogP contribution >= 0.6 is 0 Å². The number of aryl methyl sites for hydroxylation is 1. The lowest BCUT2D eigenvalue weighted by atomic mass is 10.0. The zero-order valence-corrected chi connectivity index (χ0v) is 19.9. The van der Waals surface area contributed by atoms with Gasteiger partial charge in [0, 0.05) is 10.9 Å². The number of benzene rings is 3. The fourth-order valence-corrected chi connectivity index (χ4v) is 3.94. The number of rotatable bonds is 7. The highest BCUT2D eigenvalue weighted by Gasteiger charge is 2.26. The van der Waals surface area contributed by atoms with Crippen molar-refractivity contribution < 1.29 is 23.5 Å². The van der Waals surface area contributed by atoms with E-state index < -0.39 is 23.7 Å². The number of amides is 1. The van der Waals surface area contributed by atoms with Gasteiger partial charge < -0.3 is 19.2 Å². The molecule has 0 aliphatic carbocycles. The van der Waals surface area contributed by atoms with E-state index in [0.29, 0.717) is 23.0 Å². The summed E-state index contributed by atoms with van der Waals surface area (Å²) in [5.74, 6) is -0.251. The van der Waals surface area contributed by atoms with Gasteiger partial charge in [0.25, 0.3) is 0 Å². The smallest absolute Gasteiger partial charge is 0.408 e. The van der Waals surface area contributed by atoms with Gasteiger partial charge in [-0.2, -0.15) is 0 Å². The summed E-state index contributed by atoms with van der Waals surface area (Å²) in [6.45, 7) is 5.70. The van der Waals surface area contributed by atoms with E-state index in [2.05, 4.69) is 5.32 Å². The van der Waals surface area contributed by atoms with Crippen LogP contribution < -0.4 is 15.7 Å². The lowest BCUT2D eigenvalue weighted by molar-refractivity contribution is -0.137. The van der Waals surface area contributed by atoms with Crippen LogP contribution in [0.2, 0.25) is 0 Å². The molecular weight excluding hydrogens is 446 g/mol. The fraction of sp³-hybridized carbons (Fsp3) is 0.250. The van der Waals surface area contributed by atoms with Gasteiger partial charge in [-0.15, -0.1) is 0 Å². The number of carbonyl (C=O) groups is 2. The first-order valence-corrected chi connectivity index (χ1v) is 11.5. The third-order valence-electron chi connectivity index (χ3n) is 5.70. The molecule has 1 unspecified atom stereocenters. The summed E-state index contributed by atoms with van der Waals surface area (Å²) in [6, 6.07) is 19.0. The van der Waals surface area contributed by atoms with Crippen LogP contribution in [0.3, 0.4) is 0 Å². The first-order valence-electron chi connectivity index (χ1n) is 11.5. The van der Waals surface area contributed by atoms with Crippen LogP contribution in [-0.2, 0) is 16.1 Å². The molecule has 0 saturated carbocycles. The van der Waals surface area contributed by atoms with Crippen molar-refractivity contribution in [2.75, 3.05) is 0 Å². The zero-order valence-electron chi connectivity index (χ0n) is 19.9. The van der Waals surface area contributed by atoms with Crippen molar-refractivity contribution in [3.8, 4) is 5.75 Å². The molecule has 35 heavy (non-hydrogen) atoms. The first-order chi connectivity index (χ1) is 16.8. The molecule has 1 amide bonds. The van der Waals surface area contributed by atoms with E-state index in [1.165, 1.54) is 0 Å². The molecule has 0 bridgehead atoms. The average molecular weight is 474 g/mol.